The van der Waals surface area contributed by atoms with Gasteiger partial charge in [0, 0.05) is 31.1 Å². The van der Waals surface area contributed by atoms with Crippen molar-refractivity contribution in [3.63, 3.8) is 0 Å². The number of carbonyl (C=O) groups is 2. The summed E-state index contributed by atoms with van der Waals surface area (Å²) in [5, 5.41) is 10.3. The maximum atomic E-state index is 13.4. The lowest BCUT2D eigenvalue weighted by Crippen LogP contribution is -2.38. The van der Waals surface area contributed by atoms with Crippen LogP contribution in [0.4, 0.5) is 0 Å². The summed E-state index contributed by atoms with van der Waals surface area (Å²) in [6, 6.07) is 14.5. The first kappa shape index (κ1) is 22.3. The molecule has 2 aromatic carbocycles. The van der Waals surface area contributed by atoms with E-state index in [0.29, 0.717) is 36.1 Å². The van der Waals surface area contributed by atoms with Crippen molar-refractivity contribution in [2.45, 2.75) is 31.8 Å². The number of hydrogen-bond acceptors (Lipinski definition) is 6. The van der Waals surface area contributed by atoms with Crippen molar-refractivity contribution in [2.75, 3.05) is 20.8 Å². The van der Waals surface area contributed by atoms with Crippen LogP contribution < -0.4 is 14.8 Å². The number of H-pyrrole nitrogens is 1. The van der Waals surface area contributed by atoms with Crippen LogP contribution >= 0.6 is 0 Å². The summed E-state index contributed by atoms with van der Waals surface area (Å²) in [5.41, 5.74) is 1.67. The second-order valence-corrected chi connectivity index (χ2v) is 8.00. The van der Waals surface area contributed by atoms with Crippen LogP contribution in [-0.2, 0) is 16.0 Å². The van der Waals surface area contributed by atoms with Crippen LogP contribution in [0.3, 0.4) is 0 Å². The zero-order valence-corrected chi connectivity index (χ0v) is 18.9. The fourth-order valence-corrected chi connectivity index (χ4v) is 4.15. The van der Waals surface area contributed by atoms with E-state index in [1.54, 1.807) is 25.2 Å². The molecule has 1 fully saturated rings. The zero-order chi connectivity index (χ0) is 23.4. The van der Waals surface area contributed by atoms with Crippen molar-refractivity contribution in [3.05, 3.63) is 59.9 Å². The average Bonchev–Trinajstić information content (AvgIpc) is 3.46. The first-order valence-electron chi connectivity index (χ1n) is 10.7. The fraction of sp³-hybridized carbons (Fsp3) is 0.333. The Morgan fingerprint density at radius 2 is 1.82 bits per heavy atom. The van der Waals surface area contributed by atoms with Crippen molar-refractivity contribution in [1.29, 1.82) is 0 Å². The summed E-state index contributed by atoms with van der Waals surface area (Å²) in [6.07, 6.45) is 0.715. The number of hydrogen-bond donors (Lipinski definition) is 2. The van der Waals surface area contributed by atoms with Crippen LogP contribution in [0.5, 0.6) is 11.5 Å². The Labute approximate surface area is 192 Å². The molecule has 1 aliphatic heterocycles. The Hall–Kier alpha value is -3.88. The lowest BCUT2D eigenvalue weighted by Gasteiger charge is -2.23. The van der Waals surface area contributed by atoms with Gasteiger partial charge in [0.05, 0.1) is 26.7 Å². The van der Waals surface area contributed by atoms with Crippen molar-refractivity contribution in [1.82, 2.24) is 25.4 Å². The number of amides is 2. The number of carbonyl (C=O) groups excluding carboxylic acids is 2. The maximum absolute atomic E-state index is 13.4. The maximum Gasteiger partial charge on any atom is 0.227 e. The topological polar surface area (TPSA) is 109 Å². The van der Waals surface area contributed by atoms with Crippen LogP contribution in [0.25, 0.3) is 11.4 Å². The van der Waals surface area contributed by atoms with Crippen molar-refractivity contribution >= 4 is 11.8 Å². The second kappa shape index (κ2) is 9.72. The Morgan fingerprint density at radius 3 is 2.45 bits per heavy atom. The predicted octanol–water partition coefficient (Wildman–Crippen LogP) is 2.51. The molecular formula is C24H27N5O4. The summed E-state index contributed by atoms with van der Waals surface area (Å²) < 4.78 is 10.6. The highest BCUT2D eigenvalue weighted by atomic mass is 16.5. The van der Waals surface area contributed by atoms with E-state index in [2.05, 4.69) is 20.5 Å². The van der Waals surface area contributed by atoms with Gasteiger partial charge < -0.3 is 19.7 Å². The number of benzene rings is 2. The Kier molecular flexibility index (Phi) is 6.58. The SMILES string of the molecule is COc1cc(CC(=O)N2C[C@@H](NC(C)=O)C[C@H]2c2nc(-c3ccccc3)n[nH]2)cc(OC)c1. The molecule has 1 aliphatic rings. The summed E-state index contributed by atoms with van der Waals surface area (Å²) in [5.74, 6) is 2.19. The largest absolute Gasteiger partial charge is 0.497 e. The van der Waals surface area contributed by atoms with Crippen LogP contribution in [-0.4, -0.2) is 58.7 Å². The van der Waals surface area contributed by atoms with Crippen LogP contribution in [0.15, 0.2) is 48.5 Å². The quantitative estimate of drug-likeness (QED) is 0.574. The van der Waals surface area contributed by atoms with Gasteiger partial charge in [0.25, 0.3) is 0 Å². The number of aromatic amines is 1. The monoisotopic (exact) mass is 449 g/mol. The highest BCUT2D eigenvalue weighted by Gasteiger charge is 2.38. The Morgan fingerprint density at radius 1 is 1.12 bits per heavy atom. The van der Waals surface area contributed by atoms with E-state index >= 15 is 0 Å². The molecule has 2 atom stereocenters. The number of ether oxygens (including phenoxy) is 2. The van der Waals surface area contributed by atoms with Crippen LogP contribution in [0.2, 0.25) is 0 Å². The van der Waals surface area contributed by atoms with Gasteiger partial charge in [0.1, 0.15) is 17.3 Å². The molecule has 0 bridgehead atoms. The first-order chi connectivity index (χ1) is 16.0. The first-order valence-corrected chi connectivity index (χ1v) is 10.7. The van der Waals surface area contributed by atoms with Crippen LogP contribution in [0, 0.1) is 0 Å². The molecule has 0 unspecified atom stereocenters. The highest BCUT2D eigenvalue weighted by molar-refractivity contribution is 5.80. The van der Waals surface area contributed by atoms with E-state index in [9.17, 15) is 9.59 Å². The minimum Gasteiger partial charge on any atom is -0.497 e. The molecule has 4 rings (SSSR count). The van der Waals surface area contributed by atoms with Gasteiger partial charge in [-0.1, -0.05) is 30.3 Å². The smallest absolute Gasteiger partial charge is 0.227 e. The third-order valence-corrected chi connectivity index (χ3v) is 5.65. The standard InChI is InChI=1S/C24H27N5O4/c1-15(30)25-18-12-21(24-26-23(27-28-24)17-7-5-4-6-8-17)29(14-18)22(31)11-16-9-19(32-2)13-20(10-16)33-3/h4-10,13,18,21H,11-12,14H2,1-3H3,(H,25,30)(H,26,27,28)/t18-,21-/m0/s1. The lowest BCUT2D eigenvalue weighted by atomic mass is 10.1. The van der Waals surface area contributed by atoms with Crippen molar-refractivity contribution in [3.8, 4) is 22.9 Å². The molecular weight excluding hydrogens is 422 g/mol. The van der Waals surface area contributed by atoms with Gasteiger partial charge in [0.2, 0.25) is 11.8 Å². The Balaban J connectivity index is 1.58. The van der Waals surface area contributed by atoms with Gasteiger partial charge in [-0.2, -0.15) is 5.10 Å². The Bertz CT molecular complexity index is 1110. The van der Waals surface area contributed by atoms with Crippen molar-refractivity contribution in [2.24, 2.45) is 0 Å². The number of aromatic nitrogens is 3. The van der Waals surface area contributed by atoms with E-state index in [-0.39, 0.29) is 30.3 Å². The minimum atomic E-state index is -0.327. The number of likely N-dealkylation sites (tertiary alicyclic amines) is 1. The molecule has 0 radical (unpaired) electrons. The van der Waals surface area contributed by atoms with Gasteiger partial charge in [-0.25, -0.2) is 4.98 Å². The van der Waals surface area contributed by atoms with E-state index < -0.39 is 0 Å². The summed E-state index contributed by atoms with van der Waals surface area (Å²) >= 11 is 0. The molecule has 2 amide bonds. The average molecular weight is 450 g/mol. The third-order valence-electron chi connectivity index (χ3n) is 5.65. The lowest BCUT2D eigenvalue weighted by molar-refractivity contribution is -0.131. The molecule has 0 spiro atoms. The van der Waals surface area contributed by atoms with E-state index in [4.69, 9.17) is 9.47 Å². The zero-order valence-electron chi connectivity index (χ0n) is 18.9. The van der Waals surface area contributed by atoms with E-state index in [0.717, 1.165) is 11.1 Å². The molecule has 0 saturated carbocycles. The molecule has 3 aromatic rings. The fourth-order valence-electron chi connectivity index (χ4n) is 4.15. The number of rotatable bonds is 7. The molecule has 2 N–H and O–H groups in total. The molecule has 1 aromatic heterocycles. The molecule has 1 saturated heterocycles. The predicted molar refractivity (Wildman–Crippen MR) is 122 cm³/mol. The number of nitrogens with one attached hydrogen (secondary N) is 2. The molecule has 2 heterocycles. The van der Waals surface area contributed by atoms with E-state index in [1.807, 2.05) is 42.5 Å². The minimum absolute atomic E-state index is 0.0826. The highest BCUT2D eigenvalue weighted by Crippen LogP contribution is 2.32. The van der Waals surface area contributed by atoms with Gasteiger partial charge in [-0.15, -0.1) is 0 Å². The molecule has 172 valence electrons. The molecule has 33 heavy (non-hydrogen) atoms. The van der Waals surface area contributed by atoms with E-state index in [1.165, 1.54) is 6.92 Å². The van der Waals surface area contributed by atoms with Gasteiger partial charge in [-0.05, 0) is 24.1 Å². The van der Waals surface area contributed by atoms with Crippen LogP contribution in [0.1, 0.15) is 30.8 Å². The summed E-state index contributed by atoms with van der Waals surface area (Å²) in [7, 11) is 3.15. The normalized spacial score (nSPS) is 17.6. The number of nitrogens with zero attached hydrogens (tertiary/aromatic N) is 3. The van der Waals surface area contributed by atoms with Gasteiger partial charge >= 0.3 is 0 Å². The van der Waals surface area contributed by atoms with Gasteiger partial charge in [0.15, 0.2) is 5.82 Å². The van der Waals surface area contributed by atoms with Crippen molar-refractivity contribution < 1.29 is 19.1 Å². The molecule has 9 heteroatoms. The second-order valence-electron chi connectivity index (χ2n) is 8.00. The van der Waals surface area contributed by atoms with Gasteiger partial charge in [-0.3, -0.25) is 14.7 Å². The summed E-state index contributed by atoms with van der Waals surface area (Å²) in [4.78, 5) is 31.4. The third kappa shape index (κ3) is 5.14. The molecule has 0 aliphatic carbocycles. The summed E-state index contributed by atoms with van der Waals surface area (Å²) in [6.45, 7) is 1.87. The molecule has 9 nitrogen and oxygen atoms in total. The number of methoxy groups -OCH3 is 2.